The molecule has 0 saturated heterocycles. The molecule has 5 heteroatoms. The standard InChI is InChI=1S/C4H11N3O2/c5-2-1-3-7(6)4(8)9/h1-3,5-6H2,(H,8,9). The van der Waals surface area contributed by atoms with Crippen LogP contribution >= 0.6 is 0 Å². The number of carboxylic acid groups (broad SMARTS) is 1. The highest BCUT2D eigenvalue weighted by Gasteiger charge is 2.02. The monoisotopic (exact) mass is 133 g/mol. The first-order valence-corrected chi connectivity index (χ1v) is 2.63. The Morgan fingerprint density at radius 1 is 1.67 bits per heavy atom. The molecule has 0 bridgehead atoms. The summed E-state index contributed by atoms with van der Waals surface area (Å²) in [6.07, 6.45) is -0.522. The van der Waals surface area contributed by atoms with Crippen molar-refractivity contribution in [1.82, 2.24) is 5.01 Å². The molecular formula is C4H11N3O2. The summed E-state index contributed by atoms with van der Waals surface area (Å²) in [5.41, 5.74) is 5.10. The van der Waals surface area contributed by atoms with Crippen molar-refractivity contribution in [3.63, 3.8) is 0 Å². The van der Waals surface area contributed by atoms with Gasteiger partial charge in [-0.3, -0.25) is 0 Å². The maximum atomic E-state index is 9.97. The van der Waals surface area contributed by atoms with Crippen LogP contribution in [0.15, 0.2) is 0 Å². The quantitative estimate of drug-likeness (QED) is 0.266. The first-order chi connectivity index (χ1) is 4.18. The predicted molar refractivity (Wildman–Crippen MR) is 32.6 cm³/mol. The number of hydrogen-bond donors (Lipinski definition) is 3. The zero-order chi connectivity index (χ0) is 7.28. The van der Waals surface area contributed by atoms with Crippen molar-refractivity contribution in [2.24, 2.45) is 11.6 Å². The number of amides is 1. The molecule has 0 spiro atoms. The van der Waals surface area contributed by atoms with E-state index in [1.54, 1.807) is 0 Å². The minimum atomic E-state index is -1.12. The van der Waals surface area contributed by atoms with Crippen LogP contribution in [0, 0.1) is 0 Å². The fourth-order valence-electron chi connectivity index (χ4n) is 0.357. The topological polar surface area (TPSA) is 92.6 Å². The molecule has 0 radical (unpaired) electrons. The summed E-state index contributed by atoms with van der Waals surface area (Å²) in [6.45, 7) is 0.757. The lowest BCUT2D eigenvalue weighted by Gasteiger charge is -2.09. The highest BCUT2D eigenvalue weighted by atomic mass is 16.4. The average molecular weight is 133 g/mol. The maximum absolute atomic E-state index is 9.97. The van der Waals surface area contributed by atoms with E-state index in [1.165, 1.54) is 0 Å². The second-order valence-electron chi connectivity index (χ2n) is 1.62. The summed E-state index contributed by atoms with van der Waals surface area (Å²) >= 11 is 0. The second kappa shape index (κ2) is 4.11. The van der Waals surface area contributed by atoms with Gasteiger partial charge in [-0.2, -0.15) is 0 Å². The number of nitrogens with two attached hydrogens (primary N) is 2. The van der Waals surface area contributed by atoms with Crippen LogP contribution in [0.25, 0.3) is 0 Å². The van der Waals surface area contributed by atoms with Gasteiger partial charge in [0, 0.05) is 6.54 Å². The SMILES string of the molecule is NCCCN(N)C(=O)O. The number of hydrazine groups is 1. The van der Waals surface area contributed by atoms with Crippen molar-refractivity contribution in [3.8, 4) is 0 Å². The van der Waals surface area contributed by atoms with E-state index in [2.05, 4.69) is 0 Å². The highest BCUT2D eigenvalue weighted by Crippen LogP contribution is 1.81. The van der Waals surface area contributed by atoms with E-state index in [9.17, 15) is 4.79 Å². The number of carbonyl (C=O) groups is 1. The highest BCUT2D eigenvalue weighted by molar-refractivity contribution is 5.63. The molecule has 9 heavy (non-hydrogen) atoms. The molecule has 5 nitrogen and oxygen atoms in total. The van der Waals surface area contributed by atoms with Crippen LogP contribution in [0.3, 0.4) is 0 Å². The van der Waals surface area contributed by atoms with E-state index >= 15 is 0 Å². The Bertz CT molecular complexity index is 95.8. The van der Waals surface area contributed by atoms with Gasteiger partial charge in [0.05, 0.1) is 0 Å². The molecule has 0 aromatic heterocycles. The van der Waals surface area contributed by atoms with Gasteiger partial charge in [-0.15, -0.1) is 0 Å². The fraction of sp³-hybridized carbons (Fsp3) is 0.750. The molecule has 0 fully saturated rings. The molecule has 54 valence electrons. The molecule has 0 heterocycles. The molecule has 0 aliphatic heterocycles. The van der Waals surface area contributed by atoms with Crippen molar-refractivity contribution >= 4 is 6.09 Å². The summed E-state index contributed by atoms with van der Waals surface area (Å²) in [5.74, 6) is 4.98. The third-order valence-electron chi connectivity index (χ3n) is 0.849. The Morgan fingerprint density at radius 2 is 2.22 bits per heavy atom. The van der Waals surface area contributed by atoms with Crippen LogP contribution in [-0.2, 0) is 0 Å². The molecule has 5 N–H and O–H groups in total. The minimum absolute atomic E-state index is 0.297. The minimum Gasteiger partial charge on any atom is -0.464 e. The van der Waals surface area contributed by atoms with E-state index in [1.807, 2.05) is 0 Å². The predicted octanol–water partition coefficient (Wildman–Crippen LogP) is -0.811. The first kappa shape index (κ1) is 8.19. The van der Waals surface area contributed by atoms with Crippen LogP contribution < -0.4 is 11.6 Å². The van der Waals surface area contributed by atoms with E-state index < -0.39 is 6.09 Å². The third-order valence-corrected chi connectivity index (χ3v) is 0.849. The zero-order valence-electron chi connectivity index (χ0n) is 5.08. The molecule has 0 aliphatic carbocycles. The Kier molecular flexibility index (Phi) is 3.74. The van der Waals surface area contributed by atoms with Gasteiger partial charge in [0.2, 0.25) is 0 Å². The number of nitrogens with zero attached hydrogens (tertiary/aromatic N) is 1. The van der Waals surface area contributed by atoms with Gasteiger partial charge in [-0.05, 0) is 13.0 Å². The van der Waals surface area contributed by atoms with Crippen molar-refractivity contribution < 1.29 is 9.90 Å². The number of rotatable bonds is 3. The molecule has 0 unspecified atom stereocenters. The van der Waals surface area contributed by atoms with Gasteiger partial charge in [-0.1, -0.05) is 0 Å². The maximum Gasteiger partial charge on any atom is 0.421 e. The van der Waals surface area contributed by atoms with E-state index in [4.69, 9.17) is 16.7 Å². The lowest BCUT2D eigenvalue weighted by atomic mass is 10.4. The van der Waals surface area contributed by atoms with E-state index in [-0.39, 0.29) is 0 Å². The van der Waals surface area contributed by atoms with Gasteiger partial charge in [-0.25, -0.2) is 15.6 Å². The summed E-state index contributed by atoms with van der Waals surface area (Å²) in [7, 11) is 0. The van der Waals surface area contributed by atoms with Crippen LogP contribution in [0.4, 0.5) is 4.79 Å². The Morgan fingerprint density at radius 3 is 2.56 bits per heavy atom. The summed E-state index contributed by atoms with van der Waals surface area (Å²) in [6, 6.07) is 0. The second-order valence-corrected chi connectivity index (χ2v) is 1.62. The molecule has 1 amide bonds. The zero-order valence-corrected chi connectivity index (χ0v) is 5.08. The molecular weight excluding hydrogens is 122 g/mol. The van der Waals surface area contributed by atoms with E-state index in [0.29, 0.717) is 24.5 Å². The third kappa shape index (κ3) is 3.75. The van der Waals surface area contributed by atoms with Gasteiger partial charge in [0.25, 0.3) is 0 Å². The van der Waals surface area contributed by atoms with Crippen molar-refractivity contribution in [3.05, 3.63) is 0 Å². The van der Waals surface area contributed by atoms with Crippen LogP contribution in [0.5, 0.6) is 0 Å². The summed E-state index contributed by atoms with van der Waals surface area (Å²) < 4.78 is 0. The molecule has 0 atom stereocenters. The van der Waals surface area contributed by atoms with E-state index in [0.717, 1.165) is 0 Å². The molecule has 0 aromatic rings. The van der Waals surface area contributed by atoms with Crippen LogP contribution in [0.1, 0.15) is 6.42 Å². The van der Waals surface area contributed by atoms with Crippen molar-refractivity contribution in [2.75, 3.05) is 13.1 Å². The molecule has 0 aromatic carbocycles. The first-order valence-electron chi connectivity index (χ1n) is 2.63. The smallest absolute Gasteiger partial charge is 0.421 e. The molecule has 0 aliphatic rings. The normalized spacial score (nSPS) is 9.11. The lowest BCUT2D eigenvalue weighted by molar-refractivity contribution is 0.145. The van der Waals surface area contributed by atoms with Gasteiger partial charge >= 0.3 is 6.09 Å². The fourth-order valence-corrected chi connectivity index (χ4v) is 0.357. The van der Waals surface area contributed by atoms with Crippen LogP contribution in [-0.4, -0.2) is 29.3 Å². The van der Waals surface area contributed by atoms with Gasteiger partial charge < -0.3 is 10.8 Å². The van der Waals surface area contributed by atoms with Crippen LogP contribution in [0.2, 0.25) is 0 Å². The van der Waals surface area contributed by atoms with Crippen molar-refractivity contribution in [1.29, 1.82) is 0 Å². The molecule has 0 saturated carbocycles. The van der Waals surface area contributed by atoms with Gasteiger partial charge in [0.1, 0.15) is 0 Å². The number of hydrogen-bond acceptors (Lipinski definition) is 3. The Hall–Kier alpha value is -0.810. The Balaban J connectivity index is 3.27. The Labute approximate surface area is 53.2 Å². The van der Waals surface area contributed by atoms with Crippen molar-refractivity contribution in [2.45, 2.75) is 6.42 Å². The average Bonchev–Trinajstić information content (AvgIpc) is 1.82. The summed E-state index contributed by atoms with van der Waals surface area (Å²) in [5, 5.41) is 8.88. The largest absolute Gasteiger partial charge is 0.464 e. The summed E-state index contributed by atoms with van der Waals surface area (Å²) in [4.78, 5) is 9.97. The van der Waals surface area contributed by atoms with Gasteiger partial charge in [0.15, 0.2) is 0 Å². The molecule has 0 rings (SSSR count). The lowest BCUT2D eigenvalue weighted by Crippen LogP contribution is -2.37.